The van der Waals surface area contributed by atoms with Crippen LogP contribution in [0.1, 0.15) is 27.3 Å². The first kappa shape index (κ1) is 14.0. The Hall–Kier alpha value is -2.43. The molecule has 5 heteroatoms. The number of rotatable bonds is 4. The summed E-state index contributed by atoms with van der Waals surface area (Å²) < 4.78 is 5.25. The van der Waals surface area contributed by atoms with E-state index >= 15 is 0 Å². The average molecular weight is 271 g/mol. The van der Waals surface area contributed by atoms with Crippen molar-refractivity contribution in [3.05, 3.63) is 53.1 Å². The number of carbonyl (C=O) groups is 1. The monoisotopic (exact) mass is 271 g/mol. The van der Waals surface area contributed by atoms with Crippen molar-refractivity contribution in [2.45, 2.75) is 20.4 Å². The van der Waals surface area contributed by atoms with Gasteiger partial charge in [0, 0.05) is 12.1 Å². The molecular formula is C15H17N3O2. The predicted octanol–water partition coefficient (Wildman–Crippen LogP) is 2.03. The zero-order valence-electron chi connectivity index (χ0n) is 11.8. The highest BCUT2D eigenvalue weighted by atomic mass is 16.5. The van der Waals surface area contributed by atoms with E-state index in [9.17, 15) is 4.79 Å². The van der Waals surface area contributed by atoms with E-state index in [1.807, 2.05) is 24.3 Å². The molecule has 0 radical (unpaired) electrons. The second-order valence-electron chi connectivity index (χ2n) is 4.41. The topological polar surface area (TPSA) is 64.1 Å². The van der Waals surface area contributed by atoms with Gasteiger partial charge in [0.05, 0.1) is 24.1 Å². The van der Waals surface area contributed by atoms with Gasteiger partial charge in [0.25, 0.3) is 5.91 Å². The molecule has 0 spiro atoms. The van der Waals surface area contributed by atoms with Gasteiger partial charge in [-0.15, -0.1) is 0 Å². The summed E-state index contributed by atoms with van der Waals surface area (Å²) in [5.74, 6) is 0.581. The van der Waals surface area contributed by atoms with E-state index < -0.39 is 0 Å². The van der Waals surface area contributed by atoms with E-state index in [1.54, 1.807) is 21.0 Å². The number of hydrogen-bond donors (Lipinski definition) is 1. The molecule has 1 aromatic heterocycles. The van der Waals surface area contributed by atoms with Gasteiger partial charge in [-0.3, -0.25) is 4.79 Å². The molecule has 5 nitrogen and oxygen atoms in total. The molecule has 0 atom stereocenters. The average Bonchev–Trinajstić information content (AvgIpc) is 2.45. The number of para-hydroxylation sites is 1. The molecule has 20 heavy (non-hydrogen) atoms. The number of aromatic nitrogens is 2. The fraction of sp³-hybridized carbons (Fsp3) is 0.267. The van der Waals surface area contributed by atoms with E-state index in [-0.39, 0.29) is 5.91 Å². The summed E-state index contributed by atoms with van der Waals surface area (Å²) in [5.41, 5.74) is 2.81. The summed E-state index contributed by atoms with van der Waals surface area (Å²) in [5, 5.41) is 2.87. The van der Waals surface area contributed by atoms with Gasteiger partial charge < -0.3 is 10.1 Å². The van der Waals surface area contributed by atoms with Crippen molar-refractivity contribution in [1.82, 2.24) is 15.3 Å². The van der Waals surface area contributed by atoms with Crippen LogP contribution in [0.25, 0.3) is 0 Å². The zero-order chi connectivity index (χ0) is 14.5. The summed E-state index contributed by atoms with van der Waals surface area (Å²) in [6.45, 7) is 4.00. The predicted molar refractivity (Wildman–Crippen MR) is 75.7 cm³/mol. The Labute approximate surface area is 118 Å². The molecule has 0 bridgehead atoms. The Bertz CT molecular complexity index is 606. The lowest BCUT2D eigenvalue weighted by Gasteiger charge is -2.11. The molecule has 0 aliphatic carbocycles. The number of amides is 1. The van der Waals surface area contributed by atoms with E-state index in [0.29, 0.717) is 23.5 Å². The van der Waals surface area contributed by atoms with Gasteiger partial charge in [-0.25, -0.2) is 9.97 Å². The van der Waals surface area contributed by atoms with Crippen LogP contribution < -0.4 is 10.1 Å². The molecule has 0 saturated carbocycles. The smallest absolute Gasteiger partial charge is 0.255 e. The number of nitrogens with zero attached hydrogens (tertiary/aromatic N) is 2. The molecule has 0 fully saturated rings. The van der Waals surface area contributed by atoms with Crippen molar-refractivity contribution in [3.63, 3.8) is 0 Å². The van der Waals surface area contributed by atoms with Gasteiger partial charge in [0.1, 0.15) is 12.1 Å². The fourth-order valence-electron chi connectivity index (χ4n) is 2.03. The third-order valence-corrected chi connectivity index (χ3v) is 3.09. The maximum Gasteiger partial charge on any atom is 0.255 e. The van der Waals surface area contributed by atoms with Crippen LogP contribution in [0.5, 0.6) is 5.75 Å². The Kier molecular flexibility index (Phi) is 4.30. The van der Waals surface area contributed by atoms with Crippen LogP contribution in [0.4, 0.5) is 0 Å². The standard InChI is InChI=1S/C15H17N3O2/c1-10-14(11(2)18-9-17-10)15(19)16-8-12-6-4-5-7-13(12)20-3/h4-7,9H,8H2,1-3H3,(H,16,19). The van der Waals surface area contributed by atoms with Crippen molar-refractivity contribution in [2.24, 2.45) is 0 Å². The molecule has 2 rings (SSSR count). The van der Waals surface area contributed by atoms with E-state index in [0.717, 1.165) is 11.3 Å². The SMILES string of the molecule is COc1ccccc1CNC(=O)c1c(C)ncnc1C. The lowest BCUT2D eigenvalue weighted by atomic mass is 10.1. The maximum atomic E-state index is 12.2. The largest absolute Gasteiger partial charge is 0.496 e. The number of nitrogens with one attached hydrogen (secondary N) is 1. The van der Waals surface area contributed by atoms with E-state index in [4.69, 9.17) is 4.74 Å². The first-order chi connectivity index (χ1) is 9.63. The fourth-order valence-corrected chi connectivity index (χ4v) is 2.03. The summed E-state index contributed by atoms with van der Waals surface area (Å²) in [4.78, 5) is 20.3. The van der Waals surface area contributed by atoms with Crippen LogP contribution >= 0.6 is 0 Å². The highest BCUT2D eigenvalue weighted by Crippen LogP contribution is 2.17. The minimum Gasteiger partial charge on any atom is -0.496 e. The van der Waals surface area contributed by atoms with Gasteiger partial charge in [0.15, 0.2) is 0 Å². The first-order valence-corrected chi connectivity index (χ1v) is 6.31. The Morgan fingerprint density at radius 3 is 2.50 bits per heavy atom. The number of methoxy groups -OCH3 is 1. The normalized spacial score (nSPS) is 10.2. The highest BCUT2D eigenvalue weighted by molar-refractivity contribution is 5.96. The van der Waals surface area contributed by atoms with Crippen LogP contribution in [-0.4, -0.2) is 23.0 Å². The second kappa shape index (κ2) is 6.14. The molecule has 1 N–H and O–H groups in total. The summed E-state index contributed by atoms with van der Waals surface area (Å²) in [7, 11) is 1.61. The molecule has 0 unspecified atom stereocenters. The molecule has 104 valence electrons. The van der Waals surface area contributed by atoms with Gasteiger partial charge >= 0.3 is 0 Å². The van der Waals surface area contributed by atoms with E-state index in [2.05, 4.69) is 15.3 Å². The van der Waals surface area contributed by atoms with Crippen molar-refractivity contribution >= 4 is 5.91 Å². The van der Waals surface area contributed by atoms with Gasteiger partial charge in [0.2, 0.25) is 0 Å². The Morgan fingerprint density at radius 1 is 1.20 bits per heavy atom. The molecule has 1 amide bonds. The van der Waals surface area contributed by atoms with E-state index in [1.165, 1.54) is 6.33 Å². The Morgan fingerprint density at radius 2 is 1.85 bits per heavy atom. The number of aryl methyl sites for hydroxylation is 2. The summed E-state index contributed by atoms with van der Waals surface area (Å²) in [6, 6.07) is 7.58. The zero-order valence-corrected chi connectivity index (χ0v) is 11.8. The van der Waals surface area contributed by atoms with Crippen molar-refractivity contribution in [3.8, 4) is 5.75 Å². The second-order valence-corrected chi connectivity index (χ2v) is 4.41. The summed E-state index contributed by atoms with van der Waals surface area (Å²) in [6.07, 6.45) is 1.46. The lowest BCUT2D eigenvalue weighted by molar-refractivity contribution is 0.0948. The van der Waals surface area contributed by atoms with Crippen molar-refractivity contribution in [2.75, 3.05) is 7.11 Å². The third kappa shape index (κ3) is 2.93. The molecule has 0 aliphatic rings. The minimum absolute atomic E-state index is 0.175. The number of carbonyl (C=O) groups excluding carboxylic acids is 1. The van der Waals surface area contributed by atoms with Gasteiger partial charge in [-0.1, -0.05) is 18.2 Å². The van der Waals surface area contributed by atoms with Crippen molar-refractivity contribution in [1.29, 1.82) is 0 Å². The number of ether oxygens (including phenoxy) is 1. The van der Waals surface area contributed by atoms with Crippen LogP contribution in [0.15, 0.2) is 30.6 Å². The molecule has 1 aromatic carbocycles. The van der Waals surface area contributed by atoms with Crippen LogP contribution in [-0.2, 0) is 6.54 Å². The maximum absolute atomic E-state index is 12.2. The van der Waals surface area contributed by atoms with Crippen LogP contribution in [0.3, 0.4) is 0 Å². The first-order valence-electron chi connectivity index (χ1n) is 6.31. The third-order valence-electron chi connectivity index (χ3n) is 3.09. The molecule has 2 aromatic rings. The quantitative estimate of drug-likeness (QED) is 0.924. The van der Waals surface area contributed by atoms with Gasteiger partial charge in [-0.2, -0.15) is 0 Å². The highest BCUT2D eigenvalue weighted by Gasteiger charge is 2.14. The molecular weight excluding hydrogens is 254 g/mol. The van der Waals surface area contributed by atoms with Crippen molar-refractivity contribution < 1.29 is 9.53 Å². The molecule has 1 heterocycles. The lowest BCUT2D eigenvalue weighted by Crippen LogP contribution is -2.25. The molecule has 0 saturated heterocycles. The minimum atomic E-state index is -0.175. The van der Waals surface area contributed by atoms with Gasteiger partial charge in [-0.05, 0) is 19.9 Å². The number of benzene rings is 1. The van der Waals surface area contributed by atoms with Crippen LogP contribution in [0, 0.1) is 13.8 Å². The Balaban J connectivity index is 2.13. The van der Waals surface area contributed by atoms with Crippen LogP contribution in [0.2, 0.25) is 0 Å². The number of hydrogen-bond acceptors (Lipinski definition) is 4. The molecule has 0 aliphatic heterocycles. The summed E-state index contributed by atoms with van der Waals surface area (Å²) >= 11 is 0.